The highest BCUT2D eigenvalue weighted by atomic mass is 35.5. The number of rotatable bonds is 3. The van der Waals surface area contributed by atoms with E-state index in [-0.39, 0.29) is 30.4 Å². The van der Waals surface area contributed by atoms with Crippen LogP contribution in [0.25, 0.3) is 0 Å². The van der Waals surface area contributed by atoms with Crippen molar-refractivity contribution in [1.82, 2.24) is 10.2 Å². The molecule has 1 heterocycles. The fourth-order valence-corrected chi connectivity index (χ4v) is 2.36. The molecule has 1 aromatic rings. The molecule has 1 fully saturated rings. The Hall–Kier alpha value is -1.79. The van der Waals surface area contributed by atoms with Crippen molar-refractivity contribution in [2.75, 3.05) is 26.3 Å². The highest BCUT2D eigenvalue weighted by Crippen LogP contribution is 2.24. The smallest absolute Gasteiger partial charge is 0.258 e. The number of nitrogens with one attached hydrogen (secondary N) is 1. The number of hydrogen-bond donors (Lipinski definition) is 2. The summed E-state index contributed by atoms with van der Waals surface area (Å²) in [5.74, 6) is -0.868. The Bertz CT molecular complexity index is 550. The summed E-state index contributed by atoms with van der Waals surface area (Å²) in [6.45, 7) is 3.05. The molecule has 2 amide bonds. The molecule has 1 aromatic carbocycles. The predicted molar refractivity (Wildman–Crippen MR) is 77.4 cm³/mol. The minimum absolute atomic E-state index is 0.0821. The van der Waals surface area contributed by atoms with Gasteiger partial charge in [0.25, 0.3) is 5.91 Å². The number of carbonyl (C=O) groups is 2. The van der Waals surface area contributed by atoms with Gasteiger partial charge >= 0.3 is 0 Å². The van der Waals surface area contributed by atoms with Crippen molar-refractivity contribution in [3.63, 3.8) is 0 Å². The first-order valence-corrected chi connectivity index (χ1v) is 7.07. The molecular weight excluding hydrogens is 296 g/mol. The van der Waals surface area contributed by atoms with Gasteiger partial charge in [0.1, 0.15) is 11.8 Å². The van der Waals surface area contributed by atoms with Crippen LogP contribution in [0, 0.1) is 0 Å². The Labute approximate surface area is 127 Å². The molecule has 7 heteroatoms. The lowest BCUT2D eigenvalue weighted by atomic mass is 10.1. The molecule has 2 rings (SSSR count). The van der Waals surface area contributed by atoms with Gasteiger partial charge in [-0.25, -0.2) is 0 Å². The van der Waals surface area contributed by atoms with Gasteiger partial charge < -0.3 is 20.1 Å². The van der Waals surface area contributed by atoms with Gasteiger partial charge in [-0.2, -0.15) is 0 Å². The van der Waals surface area contributed by atoms with Crippen molar-refractivity contribution in [2.24, 2.45) is 0 Å². The van der Waals surface area contributed by atoms with E-state index in [1.54, 1.807) is 6.92 Å². The Balaban J connectivity index is 2.26. The molecule has 1 aliphatic heterocycles. The molecule has 1 aliphatic rings. The van der Waals surface area contributed by atoms with E-state index in [1.807, 2.05) is 0 Å². The topological polar surface area (TPSA) is 78.9 Å². The van der Waals surface area contributed by atoms with Gasteiger partial charge in [-0.3, -0.25) is 9.59 Å². The van der Waals surface area contributed by atoms with Crippen LogP contribution in [0.4, 0.5) is 0 Å². The number of aromatic hydroxyl groups is 1. The van der Waals surface area contributed by atoms with Gasteiger partial charge in [0.2, 0.25) is 5.91 Å². The molecule has 0 aliphatic carbocycles. The predicted octanol–water partition coefficient (Wildman–Crippen LogP) is 1.02. The minimum atomic E-state index is -0.704. The van der Waals surface area contributed by atoms with Crippen molar-refractivity contribution in [3.05, 3.63) is 28.8 Å². The van der Waals surface area contributed by atoms with Crippen LogP contribution in [0.3, 0.4) is 0 Å². The van der Waals surface area contributed by atoms with Crippen molar-refractivity contribution in [2.45, 2.75) is 13.0 Å². The van der Waals surface area contributed by atoms with Gasteiger partial charge in [-0.05, 0) is 25.1 Å². The first kappa shape index (κ1) is 15.6. The molecule has 1 saturated heterocycles. The van der Waals surface area contributed by atoms with Crippen LogP contribution in [0.1, 0.15) is 17.3 Å². The quantitative estimate of drug-likeness (QED) is 0.873. The van der Waals surface area contributed by atoms with Crippen LogP contribution >= 0.6 is 11.6 Å². The Kier molecular flexibility index (Phi) is 5.03. The molecule has 1 unspecified atom stereocenters. The number of carbonyl (C=O) groups excluding carboxylic acids is 2. The molecule has 0 bridgehead atoms. The maximum Gasteiger partial charge on any atom is 0.258 e. The van der Waals surface area contributed by atoms with Crippen LogP contribution in [0.2, 0.25) is 5.02 Å². The van der Waals surface area contributed by atoms with Gasteiger partial charge in [0, 0.05) is 18.1 Å². The van der Waals surface area contributed by atoms with E-state index in [1.165, 1.54) is 23.1 Å². The highest BCUT2D eigenvalue weighted by Gasteiger charge is 2.34. The number of nitrogens with zero attached hydrogens (tertiary/aromatic N) is 1. The van der Waals surface area contributed by atoms with Gasteiger partial charge in [0.15, 0.2) is 0 Å². The van der Waals surface area contributed by atoms with Crippen molar-refractivity contribution >= 4 is 23.4 Å². The van der Waals surface area contributed by atoms with Crippen molar-refractivity contribution in [1.29, 1.82) is 0 Å². The zero-order valence-corrected chi connectivity index (χ0v) is 12.4. The summed E-state index contributed by atoms with van der Waals surface area (Å²) in [5, 5.41) is 12.8. The van der Waals surface area contributed by atoms with Crippen LogP contribution < -0.4 is 5.32 Å². The number of phenols is 1. The molecule has 114 valence electrons. The molecule has 2 N–H and O–H groups in total. The third kappa shape index (κ3) is 3.46. The van der Waals surface area contributed by atoms with Crippen molar-refractivity contribution < 1.29 is 19.4 Å². The highest BCUT2D eigenvalue weighted by molar-refractivity contribution is 6.31. The molecule has 6 nitrogen and oxygen atoms in total. The zero-order chi connectivity index (χ0) is 15.4. The largest absolute Gasteiger partial charge is 0.507 e. The Morgan fingerprint density at radius 3 is 3.00 bits per heavy atom. The number of halogens is 1. The second-order valence-corrected chi connectivity index (χ2v) is 5.08. The summed E-state index contributed by atoms with van der Waals surface area (Å²) >= 11 is 5.86. The molecule has 0 spiro atoms. The van der Waals surface area contributed by atoms with E-state index in [9.17, 15) is 14.7 Å². The maximum absolute atomic E-state index is 12.6. The van der Waals surface area contributed by atoms with E-state index in [0.29, 0.717) is 18.2 Å². The van der Waals surface area contributed by atoms with Crippen LogP contribution in [-0.4, -0.2) is 54.2 Å². The molecule has 0 radical (unpaired) electrons. The Morgan fingerprint density at radius 1 is 1.52 bits per heavy atom. The fraction of sp³-hybridized carbons (Fsp3) is 0.429. The van der Waals surface area contributed by atoms with Crippen LogP contribution in [0.5, 0.6) is 5.75 Å². The van der Waals surface area contributed by atoms with Gasteiger partial charge in [-0.1, -0.05) is 11.6 Å². The molecule has 1 atom stereocenters. The van der Waals surface area contributed by atoms with E-state index >= 15 is 0 Å². The van der Waals surface area contributed by atoms with E-state index in [4.69, 9.17) is 16.3 Å². The summed E-state index contributed by atoms with van der Waals surface area (Å²) in [6, 6.07) is 3.54. The number of hydrogen-bond acceptors (Lipinski definition) is 4. The average molecular weight is 313 g/mol. The number of ether oxygens (including phenoxy) is 1. The molecule has 0 saturated carbocycles. The lowest BCUT2D eigenvalue weighted by molar-refractivity contribution is -0.130. The van der Waals surface area contributed by atoms with Crippen molar-refractivity contribution in [3.8, 4) is 5.75 Å². The molecule has 21 heavy (non-hydrogen) atoms. The van der Waals surface area contributed by atoms with E-state index in [0.717, 1.165) is 0 Å². The van der Waals surface area contributed by atoms with E-state index in [2.05, 4.69) is 5.32 Å². The SMILES string of the molecule is CCNC(=O)C1COCCN1C(=O)c1cc(Cl)ccc1O. The number of morpholine rings is 1. The maximum atomic E-state index is 12.6. The lowest BCUT2D eigenvalue weighted by Gasteiger charge is -2.34. The number of phenolic OH excluding ortho intramolecular Hbond substituents is 1. The first-order valence-electron chi connectivity index (χ1n) is 6.69. The summed E-state index contributed by atoms with van der Waals surface area (Å²) in [7, 11) is 0. The van der Waals surface area contributed by atoms with Crippen LogP contribution in [0.15, 0.2) is 18.2 Å². The summed E-state index contributed by atoms with van der Waals surface area (Å²) in [4.78, 5) is 26.0. The number of likely N-dealkylation sites (N-methyl/N-ethyl adjacent to an activating group) is 1. The summed E-state index contributed by atoms with van der Waals surface area (Å²) < 4.78 is 5.28. The number of amides is 2. The third-order valence-corrected chi connectivity index (χ3v) is 3.47. The third-order valence-electron chi connectivity index (χ3n) is 3.23. The monoisotopic (exact) mass is 312 g/mol. The van der Waals surface area contributed by atoms with Crippen LogP contribution in [-0.2, 0) is 9.53 Å². The van der Waals surface area contributed by atoms with E-state index < -0.39 is 11.9 Å². The second kappa shape index (κ2) is 6.78. The lowest BCUT2D eigenvalue weighted by Crippen LogP contribution is -2.55. The fourth-order valence-electron chi connectivity index (χ4n) is 2.19. The molecule has 0 aromatic heterocycles. The first-order chi connectivity index (χ1) is 10.0. The van der Waals surface area contributed by atoms with Gasteiger partial charge in [0.05, 0.1) is 18.8 Å². The minimum Gasteiger partial charge on any atom is -0.507 e. The summed E-state index contributed by atoms with van der Waals surface area (Å²) in [6.07, 6.45) is 0. The summed E-state index contributed by atoms with van der Waals surface area (Å²) in [5.41, 5.74) is 0.0821. The zero-order valence-electron chi connectivity index (χ0n) is 11.6. The molecular formula is C14H17ClN2O4. The normalized spacial score (nSPS) is 18.4. The Morgan fingerprint density at radius 2 is 2.29 bits per heavy atom. The number of benzene rings is 1. The second-order valence-electron chi connectivity index (χ2n) is 4.65. The standard InChI is InChI=1S/C14H17ClN2O4/c1-2-16-13(19)11-8-21-6-5-17(11)14(20)10-7-9(15)3-4-12(10)18/h3-4,7,11,18H,2,5-6,8H2,1H3,(H,16,19). The van der Waals surface area contributed by atoms with Gasteiger partial charge in [-0.15, -0.1) is 0 Å². The average Bonchev–Trinajstić information content (AvgIpc) is 2.49.